The fourth-order valence-electron chi connectivity index (χ4n) is 2.10. The molecule has 0 spiro atoms. The molecule has 6 heteroatoms. The van der Waals surface area contributed by atoms with Gasteiger partial charge in [0.25, 0.3) is 0 Å². The van der Waals surface area contributed by atoms with Crippen molar-refractivity contribution in [2.75, 3.05) is 26.1 Å². The maximum atomic E-state index is 12.2. The van der Waals surface area contributed by atoms with Crippen LogP contribution in [0, 0.1) is 0 Å². The van der Waals surface area contributed by atoms with Gasteiger partial charge in [-0.15, -0.1) is 11.8 Å². The lowest BCUT2D eigenvalue weighted by Crippen LogP contribution is -2.43. The van der Waals surface area contributed by atoms with Crippen LogP contribution in [-0.2, 0) is 9.53 Å². The zero-order valence-electron chi connectivity index (χ0n) is 12.0. The van der Waals surface area contributed by atoms with Crippen molar-refractivity contribution in [3.05, 3.63) is 35.9 Å². The van der Waals surface area contributed by atoms with Crippen LogP contribution in [0.15, 0.2) is 35.3 Å². The minimum absolute atomic E-state index is 0.0201. The van der Waals surface area contributed by atoms with Gasteiger partial charge in [0, 0.05) is 25.0 Å². The molecule has 0 fully saturated rings. The molecule has 5 nitrogen and oxygen atoms in total. The van der Waals surface area contributed by atoms with E-state index in [1.54, 1.807) is 18.9 Å². The first-order chi connectivity index (χ1) is 10.2. The molecule has 2 atom stereocenters. The minimum Gasteiger partial charge on any atom is -0.396 e. The fourth-order valence-corrected chi connectivity index (χ4v) is 3.14. The third-order valence-electron chi connectivity index (χ3n) is 3.17. The van der Waals surface area contributed by atoms with Gasteiger partial charge >= 0.3 is 0 Å². The average Bonchev–Trinajstić information content (AvgIpc) is 2.98. The molecule has 114 valence electrons. The summed E-state index contributed by atoms with van der Waals surface area (Å²) in [5.41, 5.74) is 1.04. The van der Waals surface area contributed by atoms with E-state index in [-0.39, 0.29) is 24.6 Å². The number of hydrogen-bond acceptors (Lipinski definition) is 5. The Balaban J connectivity index is 1.96. The summed E-state index contributed by atoms with van der Waals surface area (Å²) < 4.78 is 5.04. The lowest BCUT2D eigenvalue weighted by molar-refractivity contribution is -0.122. The van der Waals surface area contributed by atoms with Crippen molar-refractivity contribution in [1.82, 2.24) is 5.32 Å². The lowest BCUT2D eigenvalue weighted by atomic mass is 10.2. The molecule has 0 radical (unpaired) electrons. The normalized spacial score (nSPS) is 19.1. The van der Waals surface area contributed by atoms with Gasteiger partial charge in [-0.3, -0.25) is 9.79 Å². The Kier molecular flexibility index (Phi) is 6.22. The monoisotopic (exact) mass is 308 g/mol. The number of aliphatic hydroxyl groups excluding tert-OH is 1. The predicted octanol–water partition coefficient (Wildman–Crippen LogP) is 1.06. The van der Waals surface area contributed by atoms with Crippen molar-refractivity contribution in [2.24, 2.45) is 4.99 Å². The molecule has 2 N–H and O–H groups in total. The molecule has 21 heavy (non-hydrogen) atoms. The Bertz CT molecular complexity index is 487. The zero-order chi connectivity index (χ0) is 15.1. The highest BCUT2D eigenvalue weighted by molar-refractivity contribution is 8.14. The highest BCUT2D eigenvalue weighted by atomic mass is 32.2. The van der Waals surface area contributed by atoms with E-state index in [2.05, 4.69) is 10.3 Å². The molecule has 0 bridgehead atoms. The van der Waals surface area contributed by atoms with Crippen molar-refractivity contribution >= 4 is 22.7 Å². The SMILES string of the molecule is COCC(CCO)NC(=O)C1CSC(c2ccccc2)=N1. The highest BCUT2D eigenvalue weighted by Crippen LogP contribution is 2.23. The Morgan fingerprint density at radius 1 is 1.52 bits per heavy atom. The van der Waals surface area contributed by atoms with E-state index in [1.165, 1.54) is 0 Å². The minimum atomic E-state index is -0.372. The number of aliphatic hydroxyl groups is 1. The molecular weight excluding hydrogens is 288 g/mol. The van der Waals surface area contributed by atoms with Gasteiger partial charge in [0.2, 0.25) is 5.91 Å². The molecule has 1 heterocycles. The largest absolute Gasteiger partial charge is 0.396 e. The average molecular weight is 308 g/mol. The second kappa shape index (κ2) is 8.17. The summed E-state index contributed by atoms with van der Waals surface area (Å²) in [6, 6.07) is 9.32. The summed E-state index contributed by atoms with van der Waals surface area (Å²) in [4.78, 5) is 16.7. The quantitative estimate of drug-likeness (QED) is 0.790. The van der Waals surface area contributed by atoms with Crippen LogP contribution in [0.5, 0.6) is 0 Å². The molecule has 1 aromatic rings. The summed E-state index contributed by atoms with van der Waals surface area (Å²) in [5, 5.41) is 12.8. The molecule has 2 rings (SSSR count). The number of carbonyl (C=O) groups is 1. The first-order valence-corrected chi connectivity index (χ1v) is 7.89. The predicted molar refractivity (Wildman–Crippen MR) is 84.7 cm³/mol. The van der Waals surface area contributed by atoms with Crippen molar-refractivity contribution in [2.45, 2.75) is 18.5 Å². The summed E-state index contributed by atoms with van der Waals surface area (Å²) in [5.74, 6) is 0.540. The summed E-state index contributed by atoms with van der Waals surface area (Å²) in [6.45, 7) is 0.410. The van der Waals surface area contributed by atoms with Crippen LogP contribution < -0.4 is 5.32 Å². The number of methoxy groups -OCH3 is 1. The molecule has 1 aromatic carbocycles. The summed E-state index contributed by atoms with van der Waals surface area (Å²) in [7, 11) is 1.58. The molecule has 0 aliphatic carbocycles. The van der Waals surface area contributed by atoms with Gasteiger partial charge in [0.1, 0.15) is 6.04 Å². The van der Waals surface area contributed by atoms with Gasteiger partial charge in [-0.1, -0.05) is 30.3 Å². The molecule has 0 saturated heterocycles. The summed E-state index contributed by atoms with van der Waals surface area (Å²) in [6.07, 6.45) is 0.481. The number of hydrogen-bond donors (Lipinski definition) is 2. The summed E-state index contributed by atoms with van der Waals surface area (Å²) >= 11 is 1.59. The maximum absolute atomic E-state index is 12.2. The first-order valence-electron chi connectivity index (χ1n) is 6.90. The molecule has 1 aliphatic heterocycles. The van der Waals surface area contributed by atoms with Crippen LogP contribution in [0.1, 0.15) is 12.0 Å². The smallest absolute Gasteiger partial charge is 0.246 e. The van der Waals surface area contributed by atoms with E-state index in [9.17, 15) is 4.79 Å². The van der Waals surface area contributed by atoms with Gasteiger partial charge in [0.15, 0.2) is 0 Å². The van der Waals surface area contributed by atoms with Crippen LogP contribution in [0.25, 0.3) is 0 Å². The van der Waals surface area contributed by atoms with Crippen LogP contribution in [-0.4, -0.2) is 54.2 Å². The number of benzene rings is 1. The van der Waals surface area contributed by atoms with Crippen molar-refractivity contribution in [1.29, 1.82) is 0 Å². The maximum Gasteiger partial charge on any atom is 0.246 e. The lowest BCUT2D eigenvalue weighted by Gasteiger charge is -2.18. The molecule has 1 amide bonds. The third kappa shape index (κ3) is 4.56. The molecule has 0 saturated carbocycles. The van der Waals surface area contributed by atoms with Gasteiger partial charge in [-0.2, -0.15) is 0 Å². The van der Waals surface area contributed by atoms with Crippen molar-refractivity contribution in [3.8, 4) is 0 Å². The van der Waals surface area contributed by atoms with Gasteiger partial charge < -0.3 is 15.2 Å². The van der Waals surface area contributed by atoms with Crippen LogP contribution >= 0.6 is 11.8 Å². The number of nitrogens with zero attached hydrogens (tertiary/aromatic N) is 1. The number of aliphatic imine (C=N–C) groups is 1. The van der Waals surface area contributed by atoms with E-state index in [0.717, 1.165) is 10.6 Å². The van der Waals surface area contributed by atoms with Gasteiger partial charge in [0.05, 0.1) is 17.7 Å². The Morgan fingerprint density at radius 3 is 2.95 bits per heavy atom. The highest BCUT2D eigenvalue weighted by Gasteiger charge is 2.27. The first kappa shape index (κ1) is 16.0. The van der Waals surface area contributed by atoms with Gasteiger partial charge in [-0.05, 0) is 6.42 Å². The Morgan fingerprint density at radius 2 is 2.29 bits per heavy atom. The number of amides is 1. The number of nitrogens with one attached hydrogen (secondary N) is 1. The molecule has 2 unspecified atom stereocenters. The number of thioether (sulfide) groups is 1. The van der Waals surface area contributed by atoms with E-state index in [4.69, 9.17) is 9.84 Å². The van der Waals surface area contributed by atoms with E-state index >= 15 is 0 Å². The van der Waals surface area contributed by atoms with E-state index in [0.29, 0.717) is 18.8 Å². The van der Waals surface area contributed by atoms with Gasteiger partial charge in [-0.25, -0.2) is 0 Å². The zero-order valence-corrected chi connectivity index (χ0v) is 12.8. The second-order valence-corrected chi connectivity index (χ2v) is 5.81. The number of carbonyl (C=O) groups excluding carboxylic acids is 1. The molecule has 0 aromatic heterocycles. The fraction of sp³-hybridized carbons (Fsp3) is 0.467. The van der Waals surface area contributed by atoms with Crippen molar-refractivity contribution in [3.63, 3.8) is 0 Å². The van der Waals surface area contributed by atoms with E-state index < -0.39 is 0 Å². The Hall–Kier alpha value is -1.37. The number of ether oxygens (including phenoxy) is 1. The Labute approximate surface area is 128 Å². The topological polar surface area (TPSA) is 70.9 Å². The molecular formula is C15H20N2O3S. The molecule has 1 aliphatic rings. The van der Waals surface area contributed by atoms with Crippen LogP contribution in [0.2, 0.25) is 0 Å². The van der Waals surface area contributed by atoms with Crippen LogP contribution in [0.3, 0.4) is 0 Å². The van der Waals surface area contributed by atoms with Crippen LogP contribution in [0.4, 0.5) is 0 Å². The third-order valence-corrected chi connectivity index (χ3v) is 4.26. The van der Waals surface area contributed by atoms with Crippen molar-refractivity contribution < 1.29 is 14.6 Å². The van der Waals surface area contributed by atoms with E-state index in [1.807, 2.05) is 30.3 Å². The standard InChI is InChI=1S/C15H20N2O3S/c1-20-9-12(7-8-18)16-14(19)13-10-21-15(17-13)11-5-3-2-4-6-11/h2-6,12-13,18H,7-10H2,1H3,(H,16,19). The second-order valence-electron chi connectivity index (χ2n) is 4.80. The number of rotatable bonds is 7.